The number of aromatic nitrogens is 1. The summed E-state index contributed by atoms with van der Waals surface area (Å²) in [5.74, 6) is 2.14. The van der Waals surface area contributed by atoms with Crippen LogP contribution in [-0.2, 0) is 4.74 Å². The number of anilines is 1. The predicted octanol–water partition coefficient (Wildman–Crippen LogP) is 4.21. The molecule has 3 heterocycles. The average Bonchev–Trinajstić information content (AvgIpc) is 2.66. The number of nitrogens with zero attached hydrogens (tertiary/aromatic N) is 2. The first kappa shape index (κ1) is 20.1. The second-order valence-corrected chi connectivity index (χ2v) is 9.35. The highest BCUT2D eigenvalue weighted by atomic mass is 16.5. The SMILES string of the molecule is CC1CCN(C(=O)c2ccc(NCC3CCCOC3C(C)(C)C)nc2)CC1. The third-order valence-corrected chi connectivity index (χ3v) is 5.93. The molecule has 3 rings (SSSR count). The molecule has 0 spiro atoms. The van der Waals surface area contributed by atoms with Gasteiger partial charge in [0.2, 0.25) is 0 Å². The van der Waals surface area contributed by atoms with E-state index < -0.39 is 0 Å². The summed E-state index contributed by atoms with van der Waals surface area (Å²) in [5.41, 5.74) is 0.825. The number of likely N-dealkylation sites (tertiary alicyclic amines) is 1. The van der Waals surface area contributed by atoms with Crippen LogP contribution in [-0.4, -0.2) is 48.1 Å². The highest BCUT2D eigenvalue weighted by Crippen LogP contribution is 2.34. The van der Waals surface area contributed by atoms with Gasteiger partial charge < -0.3 is 15.0 Å². The van der Waals surface area contributed by atoms with Gasteiger partial charge in [-0.2, -0.15) is 0 Å². The third-order valence-electron chi connectivity index (χ3n) is 5.93. The molecule has 2 fully saturated rings. The van der Waals surface area contributed by atoms with Crippen LogP contribution in [0.5, 0.6) is 0 Å². The van der Waals surface area contributed by atoms with Gasteiger partial charge in [0.25, 0.3) is 5.91 Å². The molecule has 1 aromatic heterocycles. The summed E-state index contributed by atoms with van der Waals surface area (Å²) in [5, 5.41) is 3.45. The summed E-state index contributed by atoms with van der Waals surface area (Å²) < 4.78 is 6.06. The second kappa shape index (κ2) is 8.59. The summed E-state index contributed by atoms with van der Waals surface area (Å²) in [4.78, 5) is 19.1. The van der Waals surface area contributed by atoms with Crippen LogP contribution in [0.25, 0.3) is 0 Å². The Hall–Kier alpha value is -1.62. The Labute approximate surface area is 163 Å². The number of amides is 1. The Morgan fingerprint density at radius 3 is 2.63 bits per heavy atom. The van der Waals surface area contributed by atoms with Crippen molar-refractivity contribution in [3.63, 3.8) is 0 Å². The number of rotatable bonds is 4. The molecule has 2 saturated heterocycles. The van der Waals surface area contributed by atoms with Crippen molar-refractivity contribution in [1.82, 2.24) is 9.88 Å². The van der Waals surface area contributed by atoms with Gasteiger partial charge in [-0.3, -0.25) is 4.79 Å². The average molecular weight is 374 g/mol. The molecular formula is C22H35N3O2. The Bertz CT molecular complexity index is 615. The molecule has 2 atom stereocenters. The molecule has 5 heteroatoms. The highest BCUT2D eigenvalue weighted by molar-refractivity contribution is 5.94. The number of pyridine rings is 1. The van der Waals surface area contributed by atoms with Crippen molar-refractivity contribution in [2.45, 2.75) is 59.5 Å². The second-order valence-electron chi connectivity index (χ2n) is 9.35. The number of carbonyl (C=O) groups is 1. The van der Waals surface area contributed by atoms with Gasteiger partial charge in [0.05, 0.1) is 11.7 Å². The van der Waals surface area contributed by atoms with Gasteiger partial charge in [0, 0.05) is 38.4 Å². The molecular weight excluding hydrogens is 338 g/mol. The van der Waals surface area contributed by atoms with Crippen molar-refractivity contribution in [3.05, 3.63) is 23.9 Å². The van der Waals surface area contributed by atoms with Gasteiger partial charge >= 0.3 is 0 Å². The van der Waals surface area contributed by atoms with Crippen molar-refractivity contribution < 1.29 is 9.53 Å². The number of hydrogen-bond donors (Lipinski definition) is 1. The van der Waals surface area contributed by atoms with Gasteiger partial charge in [-0.1, -0.05) is 27.7 Å². The number of ether oxygens (including phenoxy) is 1. The van der Waals surface area contributed by atoms with Crippen LogP contribution in [0.1, 0.15) is 63.7 Å². The van der Waals surface area contributed by atoms with E-state index in [1.54, 1.807) is 6.20 Å². The van der Waals surface area contributed by atoms with Crippen molar-refractivity contribution >= 4 is 11.7 Å². The summed E-state index contributed by atoms with van der Waals surface area (Å²) in [6, 6.07) is 3.82. The first-order chi connectivity index (χ1) is 12.8. The lowest BCUT2D eigenvalue weighted by Gasteiger charge is -2.40. The van der Waals surface area contributed by atoms with Gasteiger partial charge in [-0.05, 0) is 49.1 Å². The largest absolute Gasteiger partial charge is 0.377 e. The molecule has 1 N–H and O–H groups in total. The Morgan fingerprint density at radius 2 is 2.00 bits per heavy atom. The fourth-order valence-electron chi connectivity index (χ4n) is 4.26. The van der Waals surface area contributed by atoms with E-state index in [4.69, 9.17) is 4.74 Å². The summed E-state index contributed by atoms with van der Waals surface area (Å²) in [6.07, 6.45) is 6.46. The molecule has 0 aromatic carbocycles. The molecule has 0 bridgehead atoms. The lowest BCUT2D eigenvalue weighted by molar-refractivity contribution is -0.0814. The van der Waals surface area contributed by atoms with E-state index in [1.807, 2.05) is 17.0 Å². The van der Waals surface area contributed by atoms with Crippen molar-refractivity contribution in [1.29, 1.82) is 0 Å². The molecule has 1 amide bonds. The fraction of sp³-hybridized carbons (Fsp3) is 0.727. The van der Waals surface area contributed by atoms with E-state index >= 15 is 0 Å². The number of carbonyl (C=O) groups excluding carboxylic acids is 1. The van der Waals surface area contributed by atoms with Crippen molar-refractivity contribution in [2.24, 2.45) is 17.3 Å². The topological polar surface area (TPSA) is 54.5 Å². The van der Waals surface area contributed by atoms with Crippen LogP contribution >= 0.6 is 0 Å². The minimum absolute atomic E-state index is 0.106. The number of nitrogens with one attached hydrogen (secondary N) is 1. The molecule has 0 aliphatic carbocycles. The summed E-state index contributed by atoms with van der Waals surface area (Å²) in [6.45, 7) is 12.4. The zero-order valence-corrected chi connectivity index (χ0v) is 17.3. The van der Waals surface area contributed by atoms with Crippen molar-refractivity contribution in [3.8, 4) is 0 Å². The van der Waals surface area contributed by atoms with Crippen LogP contribution in [0.15, 0.2) is 18.3 Å². The lowest BCUT2D eigenvalue weighted by Crippen LogP contribution is -2.42. The molecule has 2 unspecified atom stereocenters. The van der Waals surface area contributed by atoms with E-state index in [0.29, 0.717) is 11.5 Å². The molecule has 1 aromatic rings. The van der Waals surface area contributed by atoms with E-state index in [9.17, 15) is 4.79 Å². The molecule has 0 saturated carbocycles. The van der Waals surface area contributed by atoms with E-state index in [1.165, 1.54) is 6.42 Å². The lowest BCUT2D eigenvalue weighted by atomic mass is 9.78. The molecule has 2 aliphatic rings. The quantitative estimate of drug-likeness (QED) is 0.859. The maximum absolute atomic E-state index is 12.6. The standard InChI is InChI=1S/C22H35N3O2/c1-16-9-11-25(12-10-16)21(26)18-7-8-19(24-15-18)23-14-17-6-5-13-27-20(17)22(2,3)4/h7-8,15-17,20H,5-6,9-14H2,1-4H3,(H,23,24). The van der Waals surface area contributed by atoms with Crippen LogP contribution in [0.2, 0.25) is 0 Å². The van der Waals surface area contributed by atoms with E-state index in [0.717, 1.165) is 57.2 Å². The van der Waals surface area contributed by atoms with Gasteiger partial charge in [0.15, 0.2) is 0 Å². The van der Waals surface area contributed by atoms with E-state index in [-0.39, 0.29) is 17.4 Å². The molecule has 0 radical (unpaired) electrons. The molecule has 5 nitrogen and oxygen atoms in total. The summed E-state index contributed by atoms with van der Waals surface area (Å²) in [7, 11) is 0. The van der Waals surface area contributed by atoms with Crippen LogP contribution < -0.4 is 5.32 Å². The minimum Gasteiger partial charge on any atom is -0.377 e. The zero-order chi connectivity index (χ0) is 19.4. The zero-order valence-electron chi connectivity index (χ0n) is 17.3. The third kappa shape index (κ3) is 5.22. The van der Waals surface area contributed by atoms with E-state index in [2.05, 4.69) is 38.0 Å². The normalized spacial score (nSPS) is 24.7. The molecule has 2 aliphatic heterocycles. The summed E-state index contributed by atoms with van der Waals surface area (Å²) >= 11 is 0. The van der Waals surface area contributed by atoms with Gasteiger partial charge in [-0.15, -0.1) is 0 Å². The molecule has 27 heavy (non-hydrogen) atoms. The first-order valence-corrected chi connectivity index (χ1v) is 10.5. The Kier molecular flexibility index (Phi) is 6.40. The van der Waals surface area contributed by atoms with Crippen LogP contribution in [0.4, 0.5) is 5.82 Å². The van der Waals surface area contributed by atoms with Crippen LogP contribution in [0, 0.1) is 17.3 Å². The smallest absolute Gasteiger partial charge is 0.255 e. The van der Waals surface area contributed by atoms with Gasteiger partial charge in [0.1, 0.15) is 5.82 Å². The fourth-order valence-corrected chi connectivity index (χ4v) is 4.26. The van der Waals surface area contributed by atoms with Gasteiger partial charge in [-0.25, -0.2) is 4.98 Å². The molecule has 150 valence electrons. The Balaban J connectivity index is 1.55. The number of piperidine rings is 1. The maximum atomic E-state index is 12.6. The Morgan fingerprint density at radius 1 is 1.26 bits per heavy atom. The highest BCUT2D eigenvalue weighted by Gasteiger charge is 2.35. The van der Waals surface area contributed by atoms with Crippen molar-refractivity contribution in [2.75, 3.05) is 31.6 Å². The predicted molar refractivity (Wildman–Crippen MR) is 109 cm³/mol. The van der Waals surface area contributed by atoms with Crippen LogP contribution in [0.3, 0.4) is 0 Å². The minimum atomic E-state index is 0.106. The maximum Gasteiger partial charge on any atom is 0.255 e. The monoisotopic (exact) mass is 373 g/mol. The first-order valence-electron chi connectivity index (χ1n) is 10.5. The number of hydrogen-bond acceptors (Lipinski definition) is 4.